The van der Waals surface area contributed by atoms with Gasteiger partial charge in [-0.1, -0.05) is 12.1 Å². The molecule has 1 aliphatic rings. The van der Waals surface area contributed by atoms with Gasteiger partial charge in [0.1, 0.15) is 0 Å². The Morgan fingerprint density at radius 1 is 1.29 bits per heavy atom. The molecule has 28 heavy (non-hydrogen) atoms. The Kier molecular flexibility index (Phi) is 5.43. The van der Waals surface area contributed by atoms with Crippen molar-refractivity contribution >= 4 is 17.9 Å². The minimum atomic E-state index is -4.43. The summed E-state index contributed by atoms with van der Waals surface area (Å²) in [6.45, 7) is 0. The maximum atomic E-state index is 12.7. The van der Waals surface area contributed by atoms with Crippen LogP contribution in [0.5, 0.6) is 0 Å². The van der Waals surface area contributed by atoms with Crippen molar-refractivity contribution in [1.82, 2.24) is 15.3 Å². The molecule has 1 atom stereocenters. The van der Waals surface area contributed by atoms with E-state index in [-0.39, 0.29) is 17.4 Å². The number of aryl methyl sites for hydroxylation is 1. The summed E-state index contributed by atoms with van der Waals surface area (Å²) in [4.78, 5) is 31.3. The Bertz CT molecular complexity index is 941. The van der Waals surface area contributed by atoms with Crippen molar-refractivity contribution in [2.24, 2.45) is 5.73 Å². The summed E-state index contributed by atoms with van der Waals surface area (Å²) in [6.07, 6.45) is 1.31. The molecule has 2 aromatic rings. The number of hydrogen-bond donors (Lipinski definition) is 2. The molecule has 0 aliphatic heterocycles. The highest BCUT2D eigenvalue weighted by atomic mass is 19.4. The lowest BCUT2D eigenvalue weighted by molar-refractivity contribution is -0.137. The minimum absolute atomic E-state index is 0.0368. The number of halogens is 3. The van der Waals surface area contributed by atoms with Crippen LogP contribution in [0.25, 0.3) is 6.08 Å². The first-order chi connectivity index (χ1) is 13.2. The van der Waals surface area contributed by atoms with Gasteiger partial charge in [0.15, 0.2) is 0 Å². The largest absolute Gasteiger partial charge is 0.416 e. The lowest BCUT2D eigenvalue weighted by Crippen LogP contribution is -2.38. The van der Waals surface area contributed by atoms with Gasteiger partial charge in [0, 0.05) is 24.0 Å². The predicted octanol–water partition coefficient (Wildman–Crippen LogP) is 2.28. The van der Waals surface area contributed by atoms with Crippen molar-refractivity contribution < 1.29 is 22.8 Å². The normalized spacial score (nSPS) is 16.6. The lowest BCUT2D eigenvalue weighted by Gasteiger charge is -2.24. The molecule has 2 amide bonds. The molecule has 1 aliphatic carbocycles. The van der Waals surface area contributed by atoms with E-state index in [1.165, 1.54) is 30.5 Å². The molecule has 9 heteroatoms. The molecule has 6 nitrogen and oxygen atoms in total. The Morgan fingerprint density at radius 2 is 2.07 bits per heavy atom. The average Bonchev–Trinajstić information content (AvgIpc) is 2.65. The van der Waals surface area contributed by atoms with E-state index in [1.54, 1.807) is 0 Å². The number of alkyl halides is 3. The number of nitrogens with zero attached hydrogens (tertiary/aromatic N) is 2. The number of aromatic nitrogens is 2. The van der Waals surface area contributed by atoms with Crippen molar-refractivity contribution in [3.63, 3.8) is 0 Å². The van der Waals surface area contributed by atoms with Crippen LogP contribution in [0.3, 0.4) is 0 Å². The first kappa shape index (κ1) is 19.5. The average molecular weight is 390 g/mol. The van der Waals surface area contributed by atoms with Crippen molar-refractivity contribution in [3.8, 4) is 0 Å². The number of hydrogen-bond acceptors (Lipinski definition) is 4. The SMILES string of the molecule is NC(=O)c1ncc2c(n1)CCC(NC(=O)C=Cc1cccc(C(F)(F)F)c1)C2. The number of rotatable bonds is 4. The van der Waals surface area contributed by atoms with Gasteiger partial charge < -0.3 is 11.1 Å². The third-order valence-electron chi connectivity index (χ3n) is 4.36. The quantitative estimate of drug-likeness (QED) is 0.783. The smallest absolute Gasteiger partial charge is 0.363 e. The molecule has 0 fully saturated rings. The van der Waals surface area contributed by atoms with Crippen molar-refractivity contribution in [1.29, 1.82) is 0 Å². The number of carbonyl (C=O) groups is 2. The molecular formula is C19H17F3N4O2. The highest BCUT2D eigenvalue weighted by Gasteiger charge is 2.30. The van der Waals surface area contributed by atoms with Crippen molar-refractivity contribution in [2.75, 3.05) is 0 Å². The number of amides is 2. The van der Waals surface area contributed by atoms with Gasteiger partial charge in [0.25, 0.3) is 5.91 Å². The Labute approximate surface area is 158 Å². The number of primary amides is 1. The second-order valence-corrected chi connectivity index (χ2v) is 6.43. The maximum absolute atomic E-state index is 12.7. The summed E-state index contributed by atoms with van der Waals surface area (Å²) in [5, 5.41) is 2.82. The molecular weight excluding hydrogens is 373 g/mol. The number of fused-ring (bicyclic) bond motifs is 1. The van der Waals surface area contributed by atoms with Gasteiger partial charge in [-0.2, -0.15) is 13.2 Å². The number of nitrogens with two attached hydrogens (primary N) is 1. The van der Waals surface area contributed by atoms with E-state index < -0.39 is 23.6 Å². The van der Waals surface area contributed by atoms with Crippen LogP contribution in [0.1, 0.15) is 39.4 Å². The predicted molar refractivity (Wildman–Crippen MR) is 95.0 cm³/mol. The van der Waals surface area contributed by atoms with Crippen molar-refractivity contribution in [3.05, 3.63) is 64.7 Å². The summed E-state index contributed by atoms with van der Waals surface area (Å²) in [7, 11) is 0. The lowest BCUT2D eigenvalue weighted by atomic mass is 9.92. The molecule has 0 spiro atoms. The zero-order valence-corrected chi connectivity index (χ0v) is 14.7. The number of carbonyl (C=O) groups excluding carboxylic acids is 2. The van der Waals surface area contributed by atoms with Crippen LogP contribution in [0, 0.1) is 0 Å². The second-order valence-electron chi connectivity index (χ2n) is 6.43. The third-order valence-corrected chi connectivity index (χ3v) is 4.36. The minimum Gasteiger partial charge on any atom is -0.363 e. The van der Waals surface area contributed by atoms with E-state index >= 15 is 0 Å². The van der Waals surface area contributed by atoms with Gasteiger partial charge >= 0.3 is 6.18 Å². The Balaban J connectivity index is 1.61. The standard InChI is InChI=1S/C19H17F3N4O2/c20-19(21,22)13-3-1-2-11(8-13)4-7-16(27)25-14-5-6-15-12(9-14)10-24-18(26-15)17(23)28/h1-4,7-8,10,14H,5-6,9H2,(H2,23,28)(H,25,27). The third kappa shape index (κ3) is 4.73. The van der Waals surface area contributed by atoms with E-state index in [0.29, 0.717) is 19.3 Å². The van der Waals surface area contributed by atoms with Gasteiger partial charge in [-0.3, -0.25) is 9.59 Å². The van der Waals surface area contributed by atoms with Gasteiger partial charge in [-0.15, -0.1) is 0 Å². The second kappa shape index (κ2) is 7.79. The van der Waals surface area contributed by atoms with Crippen LogP contribution >= 0.6 is 0 Å². The summed E-state index contributed by atoms with van der Waals surface area (Å²) in [6, 6.07) is 4.58. The summed E-state index contributed by atoms with van der Waals surface area (Å²) in [5.41, 5.74) is 6.23. The van der Waals surface area contributed by atoms with Crippen molar-refractivity contribution in [2.45, 2.75) is 31.5 Å². The topological polar surface area (TPSA) is 98.0 Å². The van der Waals surface area contributed by atoms with Gasteiger partial charge in [0.2, 0.25) is 11.7 Å². The number of nitrogens with one attached hydrogen (secondary N) is 1. The van der Waals surface area contributed by atoms with Crippen LogP contribution in [-0.4, -0.2) is 27.8 Å². The molecule has 1 unspecified atom stereocenters. The van der Waals surface area contributed by atoms with Crippen LogP contribution in [0.4, 0.5) is 13.2 Å². The molecule has 0 saturated heterocycles. The molecule has 0 bridgehead atoms. The van der Waals surface area contributed by atoms with Gasteiger partial charge in [0.05, 0.1) is 5.56 Å². The fourth-order valence-electron chi connectivity index (χ4n) is 2.99. The van der Waals surface area contributed by atoms with Gasteiger partial charge in [-0.25, -0.2) is 9.97 Å². The van der Waals surface area contributed by atoms with E-state index in [1.807, 2.05) is 0 Å². The highest BCUT2D eigenvalue weighted by molar-refractivity contribution is 5.92. The van der Waals surface area contributed by atoms with E-state index in [4.69, 9.17) is 5.73 Å². The zero-order valence-electron chi connectivity index (χ0n) is 14.7. The van der Waals surface area contributed by atoms with E-state index in [0.717, 1.165) is 23.4 Å². The fourth-order valence-corrected chi connectivity index (χ4v) is 2.99. The Hall–Kier alpha value is -3.23. The van der Waals surface area contributed by atoms with Crippen LogP contribution in [0.15, 0.2) is 36.5 Å². The Morgan fingerprint density at radius 3 is 2.79 bits per heavy atom. The van der Waals surface area contributed by atoms with Crippen LogP contribution in [-0.2, 0) is 23.8 Å². The van der Waals surface area contributed by atoms with E-state index in [9.17, 15) is 22.8 Å². The molecule has 3 N–H and O–H groups in total. The van der Waals surface area contributed by atoms with E-state index in [2.05, 4.69) is 15.3 Å². The summed E-state index contributed by atoms with van der Waals surface area (Å²) in [5.74, 6) is -1.14. The van der Waals surface area contributed by atoms with Gasteiger partial charge in [-0.05, 0) is 48.6 Å². The molecule has 0 saturated carbocycles. The summed E-state index contributed by atoms with van der Waals surface area (Å²) < 4.78 is 38.2. The molecule has 3 rings (SSSR count). The molecule has 0 radical (unpaired) electrons. The van der Waals surface area contributed by atoms with Crippen LogP contribution in [0.2, 0.25) is 0 Å². The molecule has 1 heterocycles. The monoisotopic (exact) mass is 390 g/mol. The molecule has 1 aromatic carbocycles. The zero-order chi connectivity index (χ0) is 20.3. The highest BCUT2D eigenvalue weighted by Crippen LogP contribution is 2.29. The fraction of sp³-hybridized carbons (Fsp3) is 0.263. The van der Waals surface area contributed by atoms with Crippen LogP contribution < -0.4 is 11.1 Å². The maximum Gasteiger partial charge on any atom is 0.416 e. The summed E-state index contributed by atoms with van der Waals surface area (Å²) >= 11 is 0. The first-order valence-corrected chi connectivity index (χ1v) is 8.53. The molecule has 146 valence electrons. The first-order valence-electron chi connectivity index (χ1n) is 8.53. The molecule has 1 aromatic heterocycles. The number of benzene rings is 1.